The highest BCUT2D eigenvalue weighted by atomic mass is 16.4. The van der Waals surface area contributed by atoms with E-state index in [4.69, 9.17) is 5.11 Å². The van der Waals surface area contributed by atoms with Crippen LogP contribution in [0.15, 0.2) is 12.4 Å². The number of carbonyl (C=O) groups excluding carboxylic acids is 1. The molecule has 1 atom stereocenters. The zero-order chi connectivity index (χ0) is 13.5. The smallest absolute Gasteiger partial charge is 0.323 e. The molecule has 0 saturated carbocycles. The minimum absolute atomic E-state index is 0.120. The van der Waals surface area contributed by atoms with Gasteiger partial charge in [-0.05, 0) is 13.3 Å². The molecule has 0 radical (unpaired) electrons. The van der Waals surface area contributed by atoms with Gasteiger partial charge in [0.05, 0.1) is 6.20 Å². The van der Waals surface area contributed by atoms with E-state index in [2.05, 4.69) is 15.5 Å². The van der Waals surface area contributed by atoms with Crippen LogP contribution in [-0.4, -0.2) is 44.8 Å². The Bertz CT molecular complexity index is 391. The first-order valence-electron chi connectivity index (χ1n) is 5.78. The molecule has 100 valence electrons. The number of aromatic nitrogens is 2. The van der Waals surface area contributed by atoms with Crippen molar-refractivity contribution in [3.05, 3.63) is 18.0 Å². The number of aliphatic carboxylic acids is 1. The Hall–Kier alpha value is -2.05. The molecule has 0 aliphatic carbocycles. The summed E-state index contributed by atoms with van der Waals surface area (Å²) in [5, 5.41) is 17.9. The van der Waals surface area contributed by atoms with Crippen LogP contribution in [0.5, 0.6) is 0 Å². The molecule has 1 rings (SSSR count). The van der Waals surface area contributed by atoms with E-state index in [1.807, 2.05) is 13.8 Å². The molecule has 0 aromatic carbocycles. The van der Waals surface area contributed by atoms with E-state index in [0.717, 1.165) is 5.56 Å². The molecule has 1 aromatic rings. The van der Waals surface area contributed by atoms with Crippen LogP contribution in [0.3, 0.4) is 0 Å². The van der Waals surface area contributed by atoms with Crippen LogP contribution in [0.25, 0.3) is 0 Å². The number of rotatable bonds is 6. The van der Waals surface area contributed by atoms with Gasteiger partial charge in [0, 0.05) is 24.3 Å². The SMILES string of the molecule is CCC(C)N(CC(=O)O)C(=O)NCc1cn[nH]c1. The van der Waals surface area contributed by atoms with E-state index in [-0.39, 0.29) is 18.6 Å². The van der Waals surface area contributed by atoms with Crippen LogP contribution in [0.1, 0.15) is 25.8 Å². The van der Waals surface area contributed by atoms with Crippen molar-refractivity contribution in [1.82, 2.24) is 20.4 Å². The van der Waals surface area contributed by atoms with E-state index < -0.39 is 5.97 Å². The number of aromatic amines is 1. The van der Waals surface area contributed by atoms with Gasteiger partial charge in [0.2, 0.25) is 0 Å². The molecule has 1 unspecified atom stereocenters. The summed E-state index contributed by atoms with van der Waals surface area (Å²) in [6, 6.07) is -0.501. The number of nitrogens with one attached hydrogen (secondary N) is 2. The lowest BCUT2D eigenvalue weighted by Crippen LogP contribution is -2.47. The third kappa shape index (κ3) is 4.08. The first kappa shape index (κ1) is 14.0. The van der Waals surface area contributed by atoms with Crippen LogP contribution in [0.4, 0.5) is 4.79 Å². The van der Waals surface area contributed by atoms with Crippen molar-refractivity contribution < 1.29 is 14.7 Å². The highest BCUT2D eigenvalue weighted by Gasteiger charge is 2.21. The highest BCUT2D eigenvalue weighted by molar-refractivity contribution is 5.80. The molecule has 7 heteroatoms. The Morgan fingerprint density at radius 1 is 1.61 bits per heavy atom. The normalized spacial score (nSPS) is 11.9. The molecule has 0 saturated heterocycles. The summed E-state index contributed by atoms with van der Waals surface area (Å²) in [6.07, 6.45) is 3.97. The van der Waals surface area contributed by atoms with Crippen molar-refractivity contribution in [3.63, 3.8) is 0 Å². The Kier molecular flexibility index (Phi) is 5.16. The summed E-state index contributed by atoms with van der Waals surface area (Å²) < 4.78 is 0. The third-order valence-electron chi connectivity index (χ3n) is 2.69. The molecule has 7 nitrogen and oxygen atoms in total. The first-order chi connectivity index (χ1) is 8.54. The second-order valence-corrected chi connectivity index (χ2v) is 4.04. The maximum atomic E-state index is 11.9. The molecular formula is C11H18N4O3. The average Bonchev–Trinajstić information content (AvgIpc) is 2.85. The maximum Gasteiger partial charge on any atom is 0.323 e. The zero-order valence-corrected chi connectivity index (χ0v) is 10.5. The standard InChI is InChI=1S/C11H18N4O3/c1-3-8(2)15(7-10(16)17)11(18)12-4-9-5-13-14-6-9/h5-6,8H,3-4,7H2,1-2H3,(H,12,18)(H,13,14)(H,16,17). The Labute approximate surface area is 105 Å². The number of hydrogen-bond acceptors (Lipinski definition) is 3. The summed E-state index contributed by atoms with van der Waals surface area (Å²) in [5.41, 5.74) is 0.836. The van der Waals surface area contributed by atoms with Gasteiger partial charge in [-0.25, -0.2) is 4.79 Å². The number of H-pyrrole nitrogens is 1. The third-order valence-corrected chi connectivity index (χ3v) is 2.69. The molecule has 18 heavy (non-hydrogen) atoms. The van der Waals surface area contributed by atoms with Crippen LogP contribution < -0.4 is 5.32 Å². The van der Waals surface area contributed by atoms with Crippen molar-refractivity contribution >= 4 is 12.0 Å². The number of urea groups is 1. The number of carboxylic acids is 1. The van der Waals surface area contributed by atoms with Gasteiger partial charge in [0.25, 0.3) is 0 Å². The van der Waals surface area contributed by atoms with Crippen LogP contribution in [0.2, 0.25) is 0 Å². The lowest BCUT2D eigenvalue weighted by Gasteiger charge is -2.26. The van der Waals surface area contributed by atoms with E-state index >= 15 is 0 Å². The number of carbonyl (C=O) groups is 2. The lowest BCUT2D eigenvalue weighted by molar-refractivity contribution is -0.138. The van der Waals surface area contributed by atoms with Gasteiger partial charge in [-0.1, -0.05) is 6.92 Å². The first-order valence-corrected chi connectivity index (χ1v) is 5.78. The van der Waals surface area contributed by atoms with Crippen LogP contribution >= 0.6 is 0 Å². The predicted molar refractivity (Wildman–Crippen MR) is 64.9 cm³/mol. The zero-order valence-electron chi connectivity index (χ0n) is 10.5. The van der Waals surface area contributed by atoms with E-state index in [1.54, 1.807) is 12.4 Å². The van der Waals surface area contributed by atoms with E-state index in [9.17, 15) is 9.59 Å². The Balaban J connectivity index is 2.55. The molecule has 0 bridgehead atoms. The summed E-state index contributed by atoms with van der Waals surface area (Å²) in [4.78, 5) is 23.9. The monoisotopic (exact) mass is 254 g/mol. The van der Waals surface area contributed by atoms with E-state index in [0.29, 0.717) is 13.0 Å². The molecule has 1 heterocycles. The van der Waals surface area contributed by atoms with Crippen LogP contribution in [-0.2, 0) is 11.3 Å². The van der Waals surface area contributed by atoms with Gasteiger partial charge in [0.1, 0.15) is 6.54 Å². The summed E-state index contributed by atoms with van der Waals surface area (Å²) >= 11 is 0. The fourth-order valence-corrected chi connectivity index (χ4v) is 1.45. The topological polar surface area (TPSA) is 98.3 Å². The minimum atomic E-state index is -1.02. The summed E-state index contributed by atoms with van der Waals surface area (Å²) in [6.45, 7) is 3.75. The molecular weight excluding hydrogens is 236 g/mol. The van der Waals surface area contributed by atoms with E-state index in [1.165, 1.54) is 4.90 Å². The van der Waals surface area contributed by atoms with Crippen molar-refractivity contribution in [2.45, 2.75) is 32.9 Å². The summed E-state index contributed by atoms with van der Waals surface area (Å²) in [5.74, 6) is -1.02. The largest absolute Gasteiger partial charge is 0.480 e. The fraction of sp³-hybridized carbons (Fsp3) is 0.545. The number of hydrogen-bond donors (Lipinski definition) is 3. The van der Waals surface area contributed by atoms with Crippen molar-refractivity contribution in [2.75, 3.05) is 6.54 Å². The van der Waals surface area contributed by atoms with Crippen molar-refractivity contribution in [1.29, 1.82) is 0 Å². The number of nitrogens with zero attached hydrogens (tertiary/aromatic N) is 2. The van der Waals surface area contributed by atoms with Gasteiger partial charge < -0.3 is 15.3 Å². The van der Waals surface area contributed by atoms with Gasteiger partial charge >= 0.3 is 12.0 Å². The molecule has 3 N–H and O–H groups in total. The average molecular weight is 254 g/mol. The molecule has 0 aliphatic rings. The molecule has 0 aliphatic heterocycles. The molecule has 1 aromatic heterocycles. The maximum absolute atomic E-state index is 11.9. The second kappa shape index (κ2) is 6.63. The number of carboxylic acid groups (broad SMARTS) is 1. The van der Waals surface area contributed by atoms with Gasteiger partial charge in [-0.3, -0.25) is 9.89 Å². The quantitative estimate of drug-likeness (QED) is 0.699. The van der Waals surface area contributed by atoms with Crippen LogP contribution in [0, 0.1) is 0 Å². The molecule has 2 amide bonds. The Morgan fingerprint density at radius 3 is 2.83 bits per heavy atom. The van der Waals surface area contributed by atoms with Gasteiger partial charge in [-0.15, -0.1) is 0 Å². The molecule has 0 spiro atoms. The summed E-state index contributed by atoms with van der Waals surface area (Å²) in [7, 11) is 0. The number of amides is 2. The van der Waals surface area contributed by atoms with Crippen molar-refractivity contribution in [3.8, 4) is 0 Å². The van der Waals surface area contributed by atoms with Crippen molar-refractivity contribution in [2.24, 2.45) is 0 Å². The predicted octanol–water partition coefficient (Wildman–Crippen LogP) is 0.804. The fourth-order valence-electron chi connectivity index (χ4n) is 1.45. The Morgan fingerprint density at radius 2 is 2.33 bits per heavy atom. The highest BCUT2D eigenvalue weighted by Crippen LogP contribution is 2.04. The van der Waals surface area contributed by atoms with Gasteiger partial charge in [-0.2, -0.15) is 5.10 Å². The van der Waals surface area contributed by atoms with Gasteiger partial charge in [0.15, 0.2) is 0 Å². The minimum Gasteiger partial charge on any atom is -0.480 e. The lowest BCUT2D eigenvalue weighted by atomic mass is 10.2. The molecule has 0 fully saturated rings. The second-order valence-electron chi connectivity index (χ2n) is 4.04.